The molecule has 6 nitrogen and oxygen atoms in total. The summed E-state index contributed by atoms with van der Waals surface area (Å²) < 4.78 is 29.0. The molecule has 2 N–H and O–H groups in total. The Bertz CT molecular complexity index is 993. The van der Waals surface area contributed by atoms with E-state index in [1.165, 1.54) is 12.1 Å². The summed E-state index contributed by atoms with van der Waals surface area (Å²) in [5.41, 5.74) is 6.96. The summed E-state index contributed by atoms with van der Waals surface area (Å²) in [6, 6.07) is 8.24. The van der Waals surface area contributed by atoms with E-state index in [1.807, 2.05) is 19.9 Å². The van der Waals surface area contributed by atoms with Crippen LogP contribution in [0.2, 0.25) is 0 Å². The molecule has 1 aromatic rings. The molecule has 0 saturated heterocycles. The highest BCUT2D eigenvalue weighted by Crippen LogP contribution is 2.47. The maximum Gasteiger partial charge on any atom is 0.205 e. The second-order valence-corrected chi connectivity index (χ2v) is 9.56. The van der Waals surface area contributed by atoms with Crippen LogP contribution in [0.15, 0.2) is 51.9 Å². The highest BCUT2D eigenvalue weighted by molar-refractivity contribution is 7.90. The van der Waals surface area contributed by atoms with Gasteiger partial charge in [0.1, 0.15) is 17.4 Å². The molecule has 3 rings (SSSR count). The SMILES string of the molecule is CC1(C)CC(=O)C2=C(C1)OC(N)=C(C#N)C2c1ccc(S(C)(=O)=O)cc1. The molecule has 0 radical (unpaired) electrons. The number of nitriles is 1. The smallest absolute Gasteiger partial charge is 0.205 e. The number of Topliss-reactive ketones (excluding diaryl/α,β-unsaturated/α-hetero) is 1. The second-order valence-electron chi connectivity index (χ2n) is 7.54. The minimum atomic E-state index is -3.34. The highest BCUT2D eigenvalue weighted by atomic mass is 32.2. The minimum Gasteiger partial charge on any atom is -0.444 e. The van der Waals surface area contributed by atoms with E-state index in [0.717, 1.165) is 6.26 Å². The standard InChI is InChI=1S/C19H20N2O4S/c1-19(2)8-14(22)17-15(9-19)25-18(21)13(10-20)16(17)11-4-6-12(7-5-11)26(3,23)24/h4-7,16H,8-9,21H2,1-3H3. The first-order valence-corrected chi connectivity index (χ1v) is 10.1. The third-order valence-electron chi connectivity index (χ3n) is 4.72. The van der Waals surface area contributed by atoms with Crippen molar-refractivity contribution >= 4 is 15.6 Å². The molecular formula is C19H20N2O4S. The lowest BCUT2D eigenvalue weighted by Crippen LogP contribution is -2.33. The van der Waals surface area contributed by atoms with Gasteiger partial charge in [0.15, 0.2) is 15.6 Å². The zero-order valence-corrected chi connectivity index (χ0v) is 15.7. The van der Waals surface area contributed by atoms with Crippen molar-refractivity contribution in [3.05, 3.63) is 52.6 Å². The summed E-state index contributed by atoms with van der Waals surface area (Å²) in [5, 5.41) is 9.56. The van der Waals surface area contributed by atoms with Gasteiger partial charge in [-0.1, -0.05) is 26.0 Å². The van der Waals surface area contributed by atoms with Gasteiger partial charge in [0.25, 0.3) is 0 Å². The van der Waals surface area contributed by atoms with Gasteiger partial charge in [-0.3, -0.25) is 4.79 Å². The number of sulfone groups is 1. The maximum absolute atomic E-state index is 12.8. The fourth-order valence-electron chi connectivity index (χ4n) is 3.53. The number of ketones is 1. The molecular weight excluding hydrogens is 352 g/mol. The van der Waals surface area contributed by atoms with Gasteiger partial charge in [-0.15, -0.1) is 0 Å². The Kier molecular flexibility index (Phi) is 4.20. The van der Waals surface area contributed by atoms with Crippen LogP contribution in [0.4, 0.5) is 0 Å². The Morgan fingerprint density at radius 2 is 1.85 bits per heavy atom. The summed E-state index contributed by atoms with van der Waals surface area (Å²) in [6.45, 7) is 3.96. The summed E-state index contributed by atoms with van der Waals surface area (Å²) in [4.78, 5) is 13.0. The molecule has 1 aliphatic heterocycles. The Balaban J connectivity index is 2.15. The predicted molar refractivity (Wildman–Crippen MR) is 95.3 cm³/mol. The zero-order valence-electron chi connectivity index (χ0n) is 14.9. The van der Waals surface area contributed by atoms with E-state index in [0.29, 0.717) is 29.7 Å². The van der Waals surface area contributed by atoms with Crippen LogP contribution in [0.5, 0.6) is 0 Å². The van der Waals surface area contributed by atoms with Crippen molar-refractivity contribution in [2.45, 2.75) is 37.5 Å². The van der Waals surface area contributed by atoms with Gasteiger partial charge in [-0.2, -0.15) is 5.26 Å². The van der Waals surface area contributed by atoms with E-state index in [9.17, 15) is 18.5 Å². The van der Waals surface area contributed by atoms with Crippen molar-refractivity contribution in [1.82, 2.24) is 0 Å². The summed E-state index contributed by atoms with van der Waals surface area (Å²) >= 11 is 0. The molecule has 7 heteroatoms. The molecule has 0 bridgehead atoms. The number of nitrogens with two attached hydrogens (primary N) is 1. The first-order valence-electron chi connectivity index (χ1n) is 8.17. The van der Waals surface area contributed by atoms with Gasteiger partial charge in [-0.05, 0) is 23.1 Å². The molecule has 0 spiro atoms. The van der Waals surface area contributed by atoms with Crippen LogP contribution in [-0.4, -0.2) is 20.5 Å². The predicted octanol–water partition coefficient (Wildman–Crippen LogP) is 2.54. The summed E-state index contributed by atoms with van der Waals surface area (Å²) in [5.74, 6) is -0.219. The molecule has 1 unspecified atom stereocenters. The number of hydrogen-bond donors (Lipinski definition) is 1. The van der Waals surface area contributed by atoms with Crippen molar-refractivity contribution < 1.29 is 17.9 Å². The van der Waals surface area contributed by atoms with E-state index in [2.05, 4.69) is 0 Å². The Hall–Kier alpha value is -2.59. The number of carbonyl (C=O) groups is 1. The molecule has 0 aromatic heterocycles. The summed E-state index contributed by atoms with van der Waals surface area (Å²) in [7, 11) is -3.34. The number of rotatable bonds is 2. The molecule has 136 valence electrons. The molecule has 1 heterocycles. The monoisotopic (exact) mass is 372 g/mol. The van der Waals surface area contributed by atoms with E-state index in [1.54, 1.807) is 12.1 Å². The van der Waals surface area contributed by atoms with Crippen LogP contribution in [-0.2, 0) is 19.4 Å². The Morgan fingerprint density at radius 3 is 2.38 bits per heavy atom. The van der Waals surface area contributed by atoms with Gasteiger partial charge in [0.05, 0.1) is 10.8 Å². The topological polar surface area (TPSA) is 110 Å². The minimum absolute atomic E-state index is 0.00561. The summed E-state index contributed by atoms with van der Waals surface area (Å²) in [6.07, 6.45) is 2.03. The highest BCUT2D eigenvalue weighted by Gasteiger charge is 2.42. The van der Waals surface area contributed by atoms with Gasteiger partial charge < -0.3 is 10.5 Å². The number of nitrogens with zero attached hydrogens (tertiary/aromatic N) is 1. The number of benzene rings is 1. The van der Waals surface area contributed by atoms with E-state index < -0.39 is 15.8 Å². The maximum atomic E-state index is 12.8. The number of allylic oxidation sites excluding steroid dienone is 3. The molecule has 1 atom stereocenters. The quantitative estimate of drug-likeness (QED) is 0.854. The normalized spacial score (nSPS) is 22.5. The lowest BCUT2D eigenvalue weighted by atomic mass is 9.70. The third-order valence-corrected chi connectivity index (χ3v) is 5.85. The first kappa shape index (κ1) is 18.2. The van der Waals surface area contributed by atoms with Crippen molar-refractivity contribution in [2.24, 2.45) is 11.1 Å². The van der Waals surface area contributed by atoms with Crippen molar-refractivity contribution in [2.75, 3.05) is 6.26 Å². The molecule has 0 fully saturated rings. The molecule has 1 aliphatic carbocycles. The van der Waals surface area contributed by atoms with Crippen molar-refractivity contribution in [3.63, 3.8) is 0 Å². The Labute approximate surface area is 152 Å². The van der Waals surface area contributed by atoms with Crippen LogP contribution < -0.4 is 5.73 Å². The lowest BCUT2D eigenvalue weighted by molar-refractivity contribution is -0.119. The van der Waals surface area contributed by atoms with Gasteiger partial charge in [-0.25, -0.2) is 8.42 Å². The van der Waals surface area contributed by atoms with Gasteiger partial charge in [0.2, 0.25) is 5.88 Å². The number of ether oxygens (including phenoxy) is 1. The second kappa shape index (κ2) is 5.99. The largest absolute Gasteiger partial charge is 0.444 e. The average molecular weight is 372 g/mol. The van der Waals surface area contributed by atoms with Crippen LogP contribution in [0.1, 0.15) is 38.2 Å². The zero-order chi connectivity index (χ0) is 19.3. The van der Waals surface area contributed by atoms with Gasteiger partial charge >= 0.3 is 0 Å². The van der Waals surface area contributed by atoms with Crippen LogP contribution in [0, 0.1) is 16.7 Å². The fourth-order valence-corrected chi connectivity index (χ4v) is 4.16. The van der Waals surface area contributed by atoms with Crippen molar-refractivity contribution in [3.8, 4) is 6.07 Å². The third kappa shape index (κ3) is 3.13. The van der Waals surface area contributed by atoms with E-state index in [-0.39, 0.29) is 27.5 Å². The molecule has 1 aromatic carbocycles. The Morgan fingerprint density at radius 1 is 1.23 bits per heavy atom. The number of hydrogen-bond acceptors (Lipinski definition) is 6. The molecule has 0 saturated carbocycles. The van der Waals surface area contributed by atoms with Crippen molar-refractivity contribution in [1.29, 1.82) is 5.26 Å². The first-order chi connectivity index (χ1) is 12.0. The molecule has 0 amide bonds. The molecule has 2 aliphatic rings. The van der Waals surface area contributed by atoms with Crippen LogP contribution in [0.3, 0.4) is 0 Å². The van der Waals surface area contributed by atoms with Gasteiger partial charge in [0, 0.05) is 24.7 Å². The fraction of sp³-hybridized carbons (Fsp3) is 0.368. The van der Waals surface area contributed by atoms with Crippen LogP contribution >= 0.6 is 0 Å². The van der Waals surface area contributed by atoms with Crippen LogP contribution in [0.25, 0.3) is 0 Å². The average Bonchev–Trinajstić information content (AvgIpc) is 2.51. The lowest BCUT2D eigenvalue weighted by Gasteiger charge is -2.37. The number of carbonyl (C=O) groups excluding carboxylic acids is 1. The van der Waals surface area contributed by atoms with E-state index >= 15 is 0 Å². The molecule has 26 heavy (non-hydrogen) atoms. The van der Waals surface area contributed by atoms with E-state index in [4.69, 9.17) is 10.5 Å².